The van der Waals surface area contributed by atoms with Crippen LogP contribution in [0.2, 0.25) is 0 Å². The minimum absolute atomic E-state index is 0.0390. The average Bonchev–Trinajstić information content (AvgIpc) is 2.28. The van der Waals surface area contributed by atoms with E-state index in [4.69, 9.17) is 10.5 Å². The average molecular weight is 206 g/mol. The SMILES string of the molecule is COc1ccc2c(c1)CC(CN)NC2=O. The molecule has 0 saturated carbocycles. The third-order valence-corrected chi connectivity index (χ3v) is 2.64. The Balaban J connectivity index is 2.37. The largest absolute Gasteiger partial charge is 0.497 e. The van der Waals surface area contributed by atoms with Crippen LogP contribution < -0.4 is 15.8 Å². The first kappa shape index (κ1) is 9.98. The molecule has 1 unspecified atom stereocenters. The third-order valence-electron chi connectivity index (χ3n) is 2.64. The van der Waals surface area contributed by atoms with Crippen LogP contribution in [0.5, 0.6) is 5.75 Å². The Bertz CT molecular complexity index is 390. The van der Waals surface area contributed by atoms with Gasteiger partial charge in [0.05, 0.1) is 7.11 Å². The Morgan fingerprint density at radius 2 is 2.40 bits per heavy atom. The lowest BCUT2D eigenvalue weighted by atomic mass is 9.95. The lowest BCUT2D eigenvalue weighted by Crippen LogP contribution is -2.45. The van der Waals surface area contributed by atoms with Crippen molar-refractivity contribution in [1.82, 2.24) is 5.32 Å². The minimum Gasteiger partial charge on any atom is -0.497 e. The van der Waals surface area contributed by atoms with Gasteiger partial charge >= 0.3 is 0 Å². The Labute approximate surface area is 88.4 Å². The molecule has 3 N–H and O–H groups in total. The molecule has 4 nitrogen and oxygen atoms in total. The first-order chi connectivity index (χ1) is 7.24. The van der Waals surface area contributed by atoms with Crippen LogP contribution in [-0.2, 0) is 6.42 Å². The zero-order valence-corrected chi connectivity index (χ0v) is 8.62. The van der Waals surface area contributed by atoms with E-state index in [-0.39, 0.29) is 11.9 Å². The van der Waals surface area contributed by atoms with E-state index in [1.54, 1.807) is 19.2 Å². The van der Waals surface area contributed by atoms with E-state index >= 15 is 0 Å². The molecule has 0 radical (unpaired) electrons. The predicted octanol–water partition coefficient (Wildman–Crippen LogP) is 0.308. The minimum atomic E-state index is -0.0469. The standard InChI is InChI=1S/C11H14N2O2/c1-15-9-2-3-10-7(5-9)4-8(6-12)13-11(10)14/h2-3,5,8H,4,6,12H2,1H3,(H,13,14). The monoisotopic (exact) mass is 206 g/mol. The molecule has 0 bridgehead atoms. The van der Waals surface area contributed by atoms with Gasteiger partial charge in [-0.15, -0.1) is 0 Å². The zero-order valence-electron chi connectivity index (χ0n) is 8.62. The quantitative estimate of drug-likeness (QED) is 0.732. The molecule has 2 rings (SSSR count). The van der Waals surface area contributed by atoms with Gasteiger partial charge in [-0.2, -0.15) is 0 Å². The Morgan fingerprint density at radius 1 is 1.60 bits per heavy atom. The van der Waals surface area contributed by atoms with E-state index in [0.717, 1.165) is 23.3 Å². The number of carbonyl (C=O) groups excluding carboxylic acids is 1. The molecule has 15 heavy (non-hydrogen) atoms. The van der Waals surface area contributed by atoms with Crippen molar-refractivity contribution in [3.05, 3.63) is 29.3 Å². The van der Waals surface area contributed by atoms with E-state index in [0.29, 0.717) is 6.54 Å². The number of benzene rings is 1. The van der Waals surface area contributed by atoms with Crippen molar-refractivity contribution in [2.24, 2.45) is 5.73 Å². The van der Waals surface area contributed by atoms with Crippen LogP contribution in [0.1, 0.15) is 15.9 Å². The van der Waals surface area contributed by atoms with Crippen molar-refractivity contribution in [2.75, 3.05) is 13.7 Å². The maximum Gasteiger partial charge on any atom is 0.251 e. The Hall–Kier alpha value is -1.55. The lowest BCUT2D eigenvalue weighted by Gasteiger charge is -2.24. The van der Waals surface area contributed by atoms with E-state index in [9.17, 15) is 4.79 Å². The van der Waals surface area contributed by atoms with Crippen LogP contribution >= 0.6 is 0 Å². The molecule has 0 aromatic heterocycles. The van der Waals surface area contributed by atoms with Gasteiger partial charge in [-0.05, 0) is 30.2 Å². The topological polar surface area (TPSA) is 64.3 Å². The molecular formula is C11H14N2O2. The summed E-state index contributed by atoms with van der Waals surface area (Å²) in [5.41, 5.74) is 7.28. The highest BCUT2D eigenvalue weighted by Gasteiger charge is 2.23. The second kappa shape index (κ2) is 3.90. The molecule has 4 heteroatoms. The number of carbonyl (C=O) groups is 1. The van der Waals surface area contributed by atoms with Crippen molar-refractivity contribution in [3.63, 3.8) is 0 Å². The molecule has 1 atom stereocenters. The summed E-state index contributed by atoms with van der Waals surface area (Å²) in [5.74, 6) is 0.730. The first-order valence-corrected chi connectivity index (χ1v) is 4.92. The highest BCUT2D eigenvalue weighted by molar-refractivity contribution is 5.97. The molecule has 1 aromatic rings. The van der Waals surface area contributed by atoms with Gasteiger partial charge in [-0.1, -0.05) is 0 Å². The first-order valence-electron chi connectivity index (χ1n) is 4.92. The molecule has 1 aliphatic heterocycles. The summed E-state index contributed by atoms with van der Waals surface area (Å²) in [5, 5.41) is 2.85. The second-order valence-corrected chi connectivity index (χ2v) is 3.63. The van der Waals surface area contributed by atoms with Crippen molar-refractivity contribution < 1.29 is 9.53 Å². The second-order valence-electron chi connectivity index (χ2n) is 3.63. The van der Waals surface area contributed by atoms with Gasteiger partial charge in [0.2, 0.25) is 0 Å². The summed E-state index contributed by atoms with van der Waals surface area (Å²) >= 11 is 0. The lowest BCUT2D eigenvalue weighted by molar-refractivity contribution is 0.0927. The fraction of sp³-hybridized carbons (Fsp3) is 0.364. The Morgan fingerprint density at radius 3 is 3.07 bits per heavy atom. The molecule has 0 saturated heterocycles. The van der Waals surface area contributed by atoms with Crippen LogP contribution in [0.4, 0.5) is 0 Å². The van der Waals surface area contributed by atoms with Gasteiger partial charge < -0.3 is 15.8 Å². The maximum atomic E-state index is 11.6. The molecule has 0 aliphatic carbocycles. The summed E-state index contributed by atoms with van der Waals surface area (Å²) < 4.78 is 5.12. The van der Waals surface area contributed by atoms with Crippen LogP contribution in [0.25, 0.3) is 0 Å². The molecular weight excluding hydrogens is 192 g/mol. The number of amides is 1. The normalized spacial score (nSPS) is 19.3. The summed E-state index contributed by atoms with van der Waals surface area (Å²) in [6.07, 6.45) is 0.773. The highest BCUT2D eigenvalue weighted by Crippen LogP contribution is 2.21. The van der Waals surface area contributed by atoms with Gasteiger partial charge in [0.1, 0.15) is 5.75 Å². The summed E-state index contributed by atoms with van der Waals surface area (Å²) in [6.45, 7) is 0.461. The van der Waals surface area contributed by atoms with Gasteiger partial charge in [-0.3, -0.25) is 4.79 Å². The van der Waals surface area contributed by atoms with Gasteiger partial charge in [0.15, 0.2) is 0 Å². The third kappa shape index (κ3) is 1.80. The van der Waals surface area contributed by atoms with Crippen LogP contribution in [0.15, 0.2) is 18.2 Å². The molecule has 1 heterocycles. The number of hydrogen-bond donors (Lipinski definition) is 2. The van der Waals surface area contributed by atoms with E-state index in [1.807, 2.05) is 6.07 Å². The van der Waals surface area contributed by atoms with Crippen molar-refractivity contribution >= 4 is 5.91 Å². The number of nitrogens with one attached hydrogen (secondary N) is 1. The number of hydrogen-bond acceptors (Lipinski definition) is 3. The molecule has 0 spiro atoms. The maximum absolute atomic E-state index is 11.6. The number of methoxy groups -OCH3 is 1. The number of rotatable bonds is 2. The summed E-state index contributed by atoms with van der Waals surface area (Å²) in [6, 6.07) is 5.52. The molecule has 1 amide bonds. The smallest absolute Gasteiger partial charge is 0.251 e. The fourth-order valence-electron chi connectivity index (χ4n) is 1.81. The van der Waals surface area contributed by atoms with Crippen LogP contribution in [0.3, 0.4) is 0 Å². The van der Waals surface area contributed by atoms with Crippen molar-refractivity contribution in [3.8, 4) is 5.75 Å². The molecule has 0 fully saturated rings. The van der Waals surface area contributed by atoms with Gasteiger partial charge in [0, 0.05) is 18.2 Å². The molecule has 1 aliphatic rings. The fourth-order valence-corrected chi connectivity index (χ4v) is 1.81. The number of nitrogens with two attached hydrogens (primary N) is 1. The van der Waals surface area contributed by atoms with Gasteiger partial charge in [-0.25, -0.2) is 0 Å². The highest BCUT2D eigenvalue weighted by atomic mass is 16.5. The zero-order chi connectivity index (χ0) is 10.8. The van der Waals surface area contributed by atoms with E-state index < -0.39 is 0 Å². The molecule has 1 aromatic carbocycles. The predicted molar refractivity (Wildman–Crippen MR) is 57.0 cm³/mol. The van der Waals surface area contributed by atoms with E-state index in [2.05, 4.69) is 5.32 Å². The summed E-state index contributed by atoms with van der Waals surface area (Å²) in [7, 11) is 1.62. The van der Waals surface area contributed by atoms with Crippen molar-refractivity contribution in [2.45, 2.75) is 12.5 Å². The number of fused-ring (bicyclic) bond motifs is 1. The summed E-state index contributed by atoms with van der Waals surface area (Å²) in [4.78, 5) is 11.6. The van der Waals surface area contributed by atoms with Crippen LogP contribution in [-0.4, -0.2) is 25.6 Å². The Kier molecular flexibility index (Phi) is 2.60. The number of ether oxygens (including phenoxy) is 1. The van der Waals surface area contributed by atoms with Gasteiger partial charge in [0.25, 0.3) is 5.91 Å². The van der Waals surface area contributed by atoms with Crippen LogP contribution in [0, 0.1) is 0 Å². The molecule has 80 valence electrons. The van der Waals surface area contributed by atoms with Crippen molar-refractivity contribution in [1.29, 1.82) is 0 Å². The van der Waals surface area contributed by atoms with E-state index in [1.165, 1.54) is 0 Å².